The number of benzene rings is 2. The summed E-state index contributed by atoms with van der Waals surface area (Å²) >= 11 is 0. The van der Waals surface area contributed by atoms with Gasteiger partial charge in [-0.1, -0.05) is 0 Å². The van der Waals surface area contributed by atoms with Crippen LogP contribution in [0.4, 0.5) is 24.7 Å². The first-order valence-electron chi connectivity index (χ1n) is 10.0. The smallest absolute Gasteiger partial charge is 0.406 e. The van der Waals surface area contributed by atoms with Gasteiger partial charge in [0.2, 0.25) is 0 Å². The van der Waals surface area contributed by atoms with E-state index >= 15 is 0 Å². The molecule has 10 heteroatoms. The largest absolute Gasteiger partial charge is 0.573 e. The number of nitrogens with zero attached hydrogens (tertiary/aromatic N) is 3. The highest BCUT2D eigenvalue weighted by molar-refractivity contribution is 6.00. The van der Waals surface area contributed by atoms with E-state index in [1.165, 1.54) is 30.6 Å². The average molecular weight is 446 g/mol. The predicted octanol–water partition coefficient (Wildman–Crippen LogP) is 4.52. The van der Waals surface area contributed by atoms with Gasteiger partial charge in [-0.25, -0.2) is 9.97 Å². The lowest BCUT2D eigenvalue weighted by atomic mass is 10.1. The van der Waals surface area contributed by atoms with E-state index in [1.54, 1.807) is 25.3 Å². The first kappa shape index (κ1) is 21.8. The van der Waals surface area contributed by atoms with Crippen molar-refractivity contribution in [1.82, 2.24) is 14.9 Å². The van der Waals surface area contributed by atoms with Gasteiger partial charge in [0.15, 0.2) is 0 Å². The number of alkyl halides is 3. The van der Waals surface area contributed by atoms with Gasteiger partial charge >= 0.3 is 6.36 Å². The zero-order chi connectivity index (χ0) is 22.7. The molecule has 0 aliphatic carbocycles. The van der Waals surface area contributed by atoms with Crippen LogP contribution in [0.1, 0.15) is 23.2 Å². The maximum atomic E-state index is 12.9. The van der Waals surface area contributed by atoms with Gasteiger partial charge in [0.1, 0.15) is 17.9 Å². The van der Waals surface area contributed by atoms with E-state index in [4.69, 9.17) is 4.74 Å². The first-order valence-corrected chi connectivity index (χ1v) is 10.0. The summed E-state index contributed by atoms with van der Waals surface area (Å²) in [4.78, 5) is 23.2. The molecule has 0 unspecified atom stereocenters. The number of carbonyl (C=O) groups is 1. The fraction of sp³-hybridized carbons (Fsp3) is 0.318. The molecule has 0 atom stereocenters. The highest BCUT2D eigenvalue weighted by Gasteiger charge is 2.31. The number of hydrogen-bond acceptors (Lipinski definition) is 6. The molecule has 1 saturated heterocycles. The molecule has 3 aromatic rings. The normalized spacial score (nSPS) is 15.1. The van der Waals surface area contributed by atoms with Crippen molar-refractivity contribution in [2.24, 2.45) is 0 Å². The molecule has 0 bridgehead atoms. The van der Waals surface area contributed by atoms with Gasteiger partial charge in [0.05, 0.1) is 11.6 Å². The van der Waals surface area contributed by atoms with Crippen LogP contribution in [-0.2, 0) is 4.74 Å². The number of halogens is 3. The third-order valence-electron chi connectivity index (χ3n) is 5.30. The Labute approximate surface area is 182 Å². The Hall–Kier alpha value is -3.40. The maximum absolute atomic E-state index is 12.9. The Morgan fingerprint density at radius 2 is 1.81 bits per heavy atom. The Bertz CT molecular complexity index is 1100. The second-order valence-electron chi connectivity index (χ2n) is 7.38. The zero-order valence-electron chi connectivity index (χ0n) is 17.2. The second-order valence-corrected chi connectivity index (χ2v) is 7.38. The number of hydrogen-bond donors (Lipinski definition) is 1. The fourth-order valence-electron chi connectivity index (χ4n) is 3.64. The number of anilines is 2. The average Bonchev–Trinajstić information content (AvgIpc) is 2.79. The number of piperidine rings is 1. The molecule has 32 heavy (non-hydrogen) atoms. The van der Waals surface area contributed by atoms with Crippen LogP contribution in [0.15, 0.2) is 48.8 Å². The fourth-order valence-corrected chi connectivity index (χ4v) is 3.64. The van der Waals surface area contributed by atoms with Crippen molar-refractivity contribution in [1.29, 1.82) is 0 Å². The summed E-state index contributed by atoms with van der Waals surface area (Å²) in [6.07, 6.45) is -1.58. The van der Waals surface area contributed by atoms with E-state index in [9.17, 15) is 18.0 Å². The summed E-state index contributed by atoms with van der Waals surface area (Å²) in [5.74, 6) is 0.0995. The van der Waals surface area contributed by atoms with Crippen LogP contribution in [0, 0.1) is 0 Å². The monoisotopic (exact) mass is 446 g/mol. The van der Waals surface area contributed by atoms with Crippen molar-refractivity contribution in [2.75, 3.05) is 25.5 Å². The Kier molecular flexibility index (Phi) is 6.13. The minimum atomic E-state index is -4.74. The van der Waals surface area contributed by atoms with Gasteiger partial charge in [0.25, 0.3) is 5.91 Å². The van der Waals surface area contributed by atoms with Crippen LogP contribution in [0.2, 0.25) is 0 Å². The molecule has 7 nitrogen and oxygen atoms in total. The molecular formula is C22H21F3N4O3. The Morgan fingerprint density at radius 3 is 2.47 bits per heavy atom. The van der Waals surface area contributed by atoms with Crippen LogP contribution in [0.5, 0.6) is 5.75 Å². The van der Waals surface area contributed by atoms with Crippen molar-refractivity contribution in [3.05, 3.63) is 54.4 Å². The topological polar surface area (TPSA) is 76.6 Å². The highest BCUT2D eigenvalue weighted by atomic mass is 19.4. The maximum Gasteiger partial charge on any atom is 0.573 e. The highest BCUT2D eigenvalue weighted by Crippen LogP contribution is 2.28. The SMILES string of the molecule is COC1CCN(C(=O)c2ccc3c(Nc4ccc(OC(F)(F)F)cc4)ncnc3c2)CC1. The number of carbonyl (C=O) groups excluding carboxylic acids is 1. The lowest BCUT2D eigenvalue weighted by molar-refractivity contribution is -0.274. The molecule has 1 fully saturated rings. The minimum absolute atomic E-state index is 0.0603. The van der Waals surface area contributed by atoms with Crippen LogP contribution in [0.25, 0.3) is 10.9 Å². The van der Waals surface area contributed by atoms with Crippen molar-refractivity contribution in [2.45, 2.75) is 25.3 Å². The van der Waals surface area contributed by atoms with E-state index in [0.717, 1.165) is 12.8 Å². The molecule has 2 aromatic carbocycles. The van der Waals surface area contributed by atoms with Gasteiger partial charge < -0.3 is 19.7 Å². The molecule has 0 spiro atoms. The molecule has 0 saturated carbocycles. The number of ether oxygens (including phenoxy) is 2. The Morgan fingerprint density at radius 1 is 1.09 bits per heavy atom. The number of methoxy groups -OCH3 is 1. The van der Waals surface area contributed by atoms with Crippen LogP contribution in [0.3, 0.4) is 0 Å². The molecule has 1 aliphatic rings. The molecule has 168 valence electrons. The van der Waals surface area contributed by atoms with Gasteiger partial charge in [-0.2, -0.15) is 0 Å². The molecule has 2 heterocycles. The van der Waals surface area contributed by atoms with Crippen LogP contribution in [-0.4, -0.2) is 53.4 Å². The summed E-state index contributed by atoms with van der Waals surface area (Å²) in [5, 5.41) is 3.74. The summed E-state index contributed by atoms with van der Waals surface area (Å²) in [6, 6.07) is 10.5. The van der Waals surface area contributed by atoms with E-state index in [2.05, 4.69) is 20.0 Å². The van der Waals surface area contributed by atoms with Gasteiger partial charge in [-0.3, -0.25) is 4.79 Å². The number of rotatable bonds is 5. The minimum Gasteiger partial charge on any atom is -0.406 e. The lowest BCUT2D eigenvalue weighted by Crippen LogP contribution is -2.40. The lowest BCUT2D eigenvalue weighted by Gasteiger charge is -2.31. The summed E-state index contributed by atoms with van der Waals surface area (Å²) in [5.41, 5.74) is 1.64. The van der Waals surface area contributed by atoms with E-state index in [1.807, 2.05) is 4.90 Å². The molecule has 1 aromatic heterocycles. The molecule has 4 rings (SSSR count). The number of amides is 1. The van der Waals surface area contributed by atoms with Gasteiger partial charge in [0, 0.05) is 36.8 Å². The summed E-state index contributed by atoms with van der Waals surface area (Å²) < 4.78 is 46.2. The summed E-state index contributed by atoms with van der Waals surface area (Å²) in [7, 11) is 1.68. The third kappa shape index (κ3) is 5.08. The van der Waals surface area contributed by atoms with Crippen molar-refractivity contribution < 1.29 is 27.4 Å². The third-order valence-corrected chi connectivity index (χ3v) is 5.30. The molecular weight excluding hydrogens is 425 g/mol. The Balaban J connectivity index is 1.50. The van der Waals surface area contributed by atoms with Crippen LogP contribution >= 0.6 is 0 Å². The quantitative estimate of drug-likeness (QED) is 0.621. The zero-order valence-corrected chi connectivity index (χ0v) is 17.2. The van der Waals surface area contributed by atoms with E-state index in [-0.39, 0.29) is 17.8 Å². The van der Waals surface area contributed by atoms with Gasteiger partial charge in [-0.05, 0) is 55.3 Å². The molecule has 1 aliphatic heterocycles. The van der Waals surface area contributed by atoms with Crippen molar-refractivity contribution in [3.63, 3.8) is 0 Å². The molecule has 1 amide bonds. The second kappa shape index (κ2) is 8.99. The first-order chi connectivity index (χ1) is 15.3. The van der Waals surface area contributed by atoms with Crippen LogP contribution < -0.4 is 10.1 Å². The number of fused-ring (bicyclic) bond motifs is 1. The number of likely N-dealkylation sites (tertiary alicyclic amines) is 1. The van der Waals surface area contributed by atoms with Gasteiger partial charge in [-0.15, -0.1) is 13.2 Å². The molecule has 1 N–H and O–H groups in total. The standard InChI is InChI=1S/C22H21F3N4O3/c1-31-16-8-10-29(11-9-16)21(30)14-2-7-18-19(12-14)26-13-27-20(18)28-15-3-5-17(6-4-15)32-22(23,24)25/h2-7,12-13,16H,8-11H2,1H3,(H,26,27,28). The van der Waals surface area contributed by atoms with Crippen molar-refractivity contribution >= 4 is 28.3 Å². The molecule has 0 radical (unpaired) electrons. The van der Waals surface area contributed by atoms with E-state index < -0.39 is 6.36 Å². The number of nitrogens with one attached hydrogen (secondary N) is 1. The van der Waals surface area contributed by atoms with E-state index in [0.29, 0.717) is 41.1 Å². The summed E-state index contributed by atoms with van der Waals surface area (Å²) in [6.45, 7) is 1.28. The van der Waals surface area contributed by atoms with Crippen molar-refractivity contribution in [3.8, 4) is 5.75 Å². The predicted molar refractivity (Wildman–Crippen MR) is 112 cm³/mol. The number of aromatic nitrogens is 2.